The molecule has 3 aromatic rings. The first-order valence-corrected chi connectivity index (χ1v) is 8.92. The van der Waals surface area contributed by atoms with Gasteiger partial charge in [0.2, 0.25) is 0 Å². The van der Waals surface area contributed by atoms with Crippen molar-refractivity contribution in [2.24, 2.45) is 0 Å². The summed E-state index contributed by atoms with van der Waals surface area (Å²) >= 11 is 0. The van der Waals surface area contributed by atoms with Crippen LogP contribution in [0.3, 0.4) is 0 Å². The van der Waals surface area contributed by atoms with E-state index in [1.54, 1.807) is 20.4 Å². The number of pyridine rings is 2. The molecule has 0 bridgehead atoms. The molecule has 0 saturated heterocycles. The molecule has 1 aromatic carbocycles. The maximum atomic E-state index is 5.40. The molecule has 134 valence electrons. The van der Waals surface area contributed by atoms with Crippen LogP contribution in [0.25, 0.3) is 10.9 Å². The highest BCUT2D eigenvalue weighted by Gasteiger charge is 2.18. The second-order valence-corrected chi connectivity index (χ2v) is 6.63. The Balaban J connectivity index is 1.45. The maximum absolute atomic E-state index is 5.40. The van der Waals surface area contributed by atoms with Gasteiger partial charge < -0.3 is 9.47 Å². The van der Waals surface area contributed by atoms with Gasteiger partial charge in [-0.1, -0.05) is 6.07 Å². The third-order valence-electron chi connectivity index (χ3n) is 5.01. The van der Waals surface area contributed by atoms with Crippen LogP contribution in [-0.4, -0.2) is 42.2 Å². The molecule has 3 heterocycles. The van der Waals surface area contributed by atoms with Crippen molar-refractivity contribution in [2.45, 2.75) is 19.4 Å². The van der Waals surface area contributed by atoms with Crippen LogP contribution in [0.5, 0.6) is 11.5 Å². The quantitative estimate of drug-likeness (QED) is 0.708. The molecule has 0 fully saturated rings. The zero-order valence-electron chi connectivity index (χ0n) is 15.2. The van der Waals surface area contributed by atoms with Crippen LogP contribution in [-0.2, 0) is 19.4 Å². The Morgan fingerprint density at radius 3 is 2.81 bits per heavy atom. The lowest BCUT2D eigenvalue weighted by Crippen LogP contribution is -2.32. The molecule has 0 atom stereocenters. The molecule has 2 aromatic heterocycles. The average Bonchev–Trinajstić information content (AvgIpc) is 2.70. The van der Waals surface area contributed by atoms with Gasteiger partial charge in [0.15, 0.2) is 11.5 Å². The highest BCUT2D eigenvalue weighted by atomic mass is 16.5. The van der Waals surface area contributed by atoms with Crippen molar-refractivity contribution >= 4 is 10.9 Å². The van der Waals surface area contributed by atoms with Gasteiger partial charge in [-0.15, -0.1) is 0 Å². The number of aromatic nitrogens is 2. The number of benzene rings is 1. The van der Waals surface area contributed by atoms with E-state index in [-0.39, 0.29) is 0 Å². The van der Waals surface area contributed by atoms with Gasteiger partial charge in [-0.3, -0.25) is 14.9 Å². The third-order valence-corrected chi connectivity index (χ3v) is 5.01. The zero-order chi connectivity index (χ0) is 17.9. The zero-order valence-corrected chi connectivity index (χ0v) is 15.2. The number of rotatable bonds is 5. The first-order chi connectivity index (χ1) is 12.8. The van der Waals surface area contributed by atoms with Gasteiger partial charge >= 0.3 is 0 Å². The summed E-state index contributed by atoms with van der Waals surface area (Å²) in [6, 6.07) is 10.4. The van der Waals surface area contributed by atoms with E-state index in [0.717, 1.165) is 54.9 Å². The predicted molar refractivity (Wildman–Crippen MR) is 102 cm³/mol. The molecular formula is C21H23N3O2. The molecule has 1 aliphatic rings. The molecule has 0 saturated carbocycles. The van der Waals surface area contributed by atoms with Gasteiger partial charge in [-0.2, -0.15) is 0 Å². The Hall–Kier alpha value is -2.66. The lowest BCUT2D eigenvalue weighted by molar-refractivity contribution is 0.255. The van der Waals surface area contributed by atoms with Crippen molar-refractivity contribution in [3.05, 3.63) is 59.5 Å². The molecule has 26 heavy (non-hydrogen) atoms. The summed E-state index contributed by atoms with van der Waals surface area (Å²) in [5, 5.41) is 1.12. The van der Waals surface area contributed by atoms with Crippen LogP contribution in [0.2, 0.25) is 0 Å². The van der Waals surface area contributed by atoms with Crippen LogP contribution in [0.4, 0.5) is 0 Å². The highest BCUT2D eigenvalue weighted by molar-refractivity contribution is 5.78. The summed E-state index contributed by atoms with van der Waals surface area (Å²) < 4.78 is 10.7. The molecule has 0 spiro atoms. The molecular weight excluding hydrogens is 326 g/mol. The van der Waals surface area contributed by atoms with E-state index in [4.69, 9.17) is 14.5 Å². The van der Waals surface area contributed by atoms with Crippen molar-refractivity contribution in [3.63, 3.8) is 0 Å². The largest absolute Gasteiger partial charge is 0.493 e. The summed E-state index contributed by atoms with van der Waals surface area (Å²) in [5.41, 5.74) is 4.85. The van der Waals surface area contributed by atoms with Crippen molar-refractivity contribution < 1.29 is 9.47 Å². The molecule has 1 aliphatic heterocycles. The Bertz CT molecular complexity index is 926. The number of nitrogens with zero attached hydrogens (tertiary/aromatic N) is 3. The van der Waals surface area contributed by atoms with E-state index in [1.165, 1.54) is 16.8 Å². The molecule has 0 aliphatic carbocycles. The van der Waals surface area contributed by atoms with Gasteiger partial charge in [-0.05, 0) is 41.8 Å². The minimum absolute atomic E-state index is 0.773. The fourth-order valence-corrected chi connectivity index (χ4v) is 3.55. The van der Waals surface area contributed by atoms with Crippen molar-refractivity contribution in [2.75, 3.05) is 27.3 Å². The summed E-state index contributed by atoms with van der Waals surface area (Å²) in [6.45, 7) is 3.00. The standard InChI is InChI=1S/C21H23N3O2/c1-25-20-4-3-15(11-21(20)26-2)6-9-24-10-7-19-17(14-24)12-16-13-22-8-5-18(16)23-19/h3-5,8,11-13H,6-7,9-10,14H2,1-2H3. The fraction of sp³-hybridized carbons (Fsp3) is 0.333. The maximum Gasteiger partial charge on any atom is 0.160 e. The lowest BCUT2D eigenvalue weighted by atomic mass is 10.0. The van der Waals surface area contributed by atoms with E-state index in [9.17, 15) is 0 Å². The minimum Gasteiger partial charge on any atom is -0.493 e. The molecule has 4 rings (SSSR count). The summed E-state index contributed by atoms with van der Waals surface area (Å²) in [6.07, 6.45) is 5.68. The van der Waals surface area contributed by atoms with Crippen molar-refractivity contribution in [1.29, 1.82) is 0 Å². The monoisotopic (exact) mass is 349 g/mol. The van der Waals surface area contributed by atoms with Gasteiger partial charge in [0, 0.05) is 49.5 Å². The van der Waals surface area contributed by atoms with Gasteiger partial charge in [-0.25, -0.2) is 0 Å². The number of methoxy groups -OCH3 is 2. The van der Waals surface area contributed by atoms with Crippen molar-refractivity contribution in [3.8, 4) is 11.5 Å². The van der Waals surface area contributed by atoms with Crippen molar-refractivity contribution in [1.82, 2.24) is 14.9 Å². The number of hydrogen-bond donors (Lipinski definition) is 0. The van der Waals surface area contributed by atoms with Crippen LogP contribution < -0.4 is 9.47 Å². The molecule has 5 heteroatoms. The lowest BCUT2D eigenvalue weighted by Gasteiger charge is -2.28. The van der Waals surface area contributed by atoms with E-state index in [1.807, 2.05) is 18.3 Å². The van der Waals surface area contributed by atoms with E-state index >= 15 is 0 Å². The fourth-order valence-electron chi connectivity index (χ4n) is 3.55. The van der Waals surface area contributed by atoms with Gasteiger partial charge in [0.25, 0.3) is 0 Å². The first kappa shape index (κ1) is 16.8. The Morgan fingerprint density at radius 2 is 1.96 bits per heavy atom. The normalized spacial score (nSPS) is 14.2. The smallest absolute Gasteiger partial charge is 0.160 e. The highest BCUT2D eigenvalue weighted by Crippen LogP contribution is 2.28. The third kappa shape index (κ3) is 3.35. The molecule has 0 N–H and O–H groups in total. The molecule has 0 radical (unpaired) electrons. The molecule has 0 unspecified atom stereocenters. The molecule has 0 amide bonds. The predicted octanol–water partition coefficient (Wildman–Crippen LogP) is 3.25. The Labute approximate surface area is 153 Å². The van der Waals surface area contributed by atoms with E-state index in [2.05, 4.69) is 28.1 Å². The van der Waals surface area contributed by atoms with E-state index < -0.39 is 0 Å². The van der Waals surface area contributed by atoms with Crippen LogP contribution in [0.15, 0.2) is 42.7 Å². The van der Waals surface area contributed by atoms with Crippen LogP contribution >= 0.6 is 0 Å². The number of hydrogen-bond acceptors (Lipinski definition) is 5. The average molecular weight is 349 g/mol. The Kier molecular flexibility index (Phi) is 4.71. The minimum atomic E-state index is 0.773. The summed E-state index contributed by atoms with van der Waals surface area (Å²) in [5.74, 6) is 1.56. The topological polar surface area (TPSA) is 47.5 Å². The number of ether oxygens (including phenoxy) is 2. The number of fused-ring (bicyclic) bond motifs is 2. The van der Waals surface area contributed by atoms with Crippen LogP contribution in [0.1, 0.15) is 16.8 Å². The molecule has 5 nitrogen and oxygen atoms in total. The SMILES string of the molecule is COc1ccc(CCN2CCc3nc4ccncc4cc3C2)cc1OC. The van der Waals surface area contributed by atoms with Gasteiger partial charge in [0.05, 0.1) is 19.7 Å². The van der Waals surface area contributed by atoms with Crippen LogP contribution in [0, 0.1) is 0 Å². The van der Waals surface area contributed by atoms with E-state index in [0.29, 0.717) is 0 Å². The Morgan fingerprint density at radius 1 is 1.08 bits per heavy atom. The van der Waals surface area contributed by atoms with Gasteiger partial charge in [0.1, 0.15) is 0 Å². The summed E-state index contributed by atoms with van der Waals surface area (Å²) in [7, 11) is 3.34. The first-order valence-electron chi connectivity index (χ1n) is 8.92. The second kappa shape index (κ2) is 7.30. The second-order valence-electron chi connectivity index (χ2n) is 6.63. The summed E-state index contributed by atoms with van der Waals surface area (Å²) in [4.78, 5) is 11.5.